The number of hydrogen-bond acceptors (Lipinski definition) is 12. The maximum atomic E-state index is 11.7. The molecule has 2 aromatic carbocycles. The van der Waals surface area contributed by atoms with Gasteiger partial charge in [0.25, 0.3) is 0 Å². The van der Waals surface area contributed by atoms with Crippen LogP contribution in [0.25, 0.3) is 11.1 Å². The first-order valence-corrected chi connectivity index (χ1v) is 7.66. The Balaban J connectivity index is 3.35. The van der Waals surface area contributed by atoms with Gasteiger partial charge < -0.3 is 9.47 Å². The van der Waals surface area contributed by atoms with Gasteiger partial charge in [0.15, 0.2) is 0 Å². The molecule has 0 amide bonds. The third kappa shape index (κ3) is 3.69. The summed E-state index contributed by atoms with van der Waals surface area (Å²) in [6, 6.07) is 1.76. The highest BCUT2D eigenvalue weighted by molar-refractivity contribution is 5.97. The lowest BCUT2D eigenvalue weighted by molar-refractivity contribution is -0.424. The van der Waals surface area contributed by atoms with Crippen LogP contribution < -0.4 is 9.47 Å². The zero-order chi connectivity index (χ0) is 23.6. The Bertz CT molecular complexity index is 1160. The maximum absolute atomic E-state index is 11.7. The van der Waals surface area contributed by atoms with Gasteiger partial charge in [0, 0.05) is 6.07 Å². The second-order valence-corrected chi connectivity index (χ2v) is 5.47. The van der Waals surface area contributed by atoms with Gasteiger partial charge in [-0.05, 0) is 6.07 Å². The van der Waals surface area contributed by atoms with Gasteiger partial charge in [-0.15, -0.1) is 0 Å². The van der Waals surface area contributed by atoms with Crippen molar-refractivity contribution in [2.75, 3.05) is 14.2 Å². The van der Waals surface area contributed by atoms with Gasteiger partial charge in [-0.3, -0.25) is 50.6 Å². The third-order valence-electron chi connectivity index (χ3n) is 3.96. The monoisotopic (exact) mass is 439 g/mol. The third-order valence-corrected chi connectivity index (χ3v) is 3.96. The first kappa shape index (κ1) is 22.3. The van der Waals surface area contributed by atoms with Crippen LogP contribution in [0.4, 0.5) is 28.4 Å². The first-order chi connectivity index (χ1) is 14.5. The topological polar surface area (TPSA) is 234 Å². The molecular weight excluding hydrogens is 430 g/mol. The Hall–Kier alpha value is -4.96. The number of nitrogens with zero attached hydrogens (tertiary/aromatic N) is 5. The molecule has 0 saturated heterocycles. The summed E-state index contributed by atoms with van der Waals surface area (Å²) in [6.45, 7) is 0. The van der Waals surface area contributed by atoms with Gasteiger partial charge in [-0.25, -0.2) is 0 Å². The van der Waals surface area contributed by atoms with Crippen molar-refractivity contribution in [3.05, 3.63) is 68.8 Å². The van der Waals surface area contributed by atoms with Crippen LogP contribution in [0, 0.1) is 50.6 Å². The fourth-order valence-corrected chi connectivity index (χ4v) is 2.83. The fourth-order valence-electron chi connectivity index (χ4n) is 2.83. The number of nitro benzene ring substituents is 5. The van der Waals surface area contributed by atoms with Crippen molar-refractivity contribution in [3.8, 4) is 22.6 Å². The summed E-state index contributed by atoms with van der Waals surface area (Å²) in [4.78, 5) is 51.3. The van der Waals surface area contributed by atoms with E-state index in [1.54, 1.807) is 0 Å². The molecule has 162 valence electrons. The summed E-state index contributed by atoms with van der Waals surface area (Å²) < 4.78 is 9.75. The number of nitro groups is 5. The molecule has 0 radical (unpaired) electrons. The van der Waals surface area contributed by atoms with Gasteiger partial charge in [0.2, 0.25) is 5.75 Å². The molecule has 0 aliphatic heterocycles. The van der Waals surface area contributed by atoms with Crippen LogP contribution in [0.15, 0.2) is 18.2 Å². The summed E-state index contributed by atoms with van der Waals surface area (Å²) in [5.41, 5.74) is -8.52. The number of benzene rings is 2. The molecule has 0 bridgehead atoms. The van der Waals surface area contributed by atoms with E-state index in [9.17, 15) is 50.6 Å². The molecule has 2 rings (SSSR count). The van der Waals surface area contributed by atoms with Gasteiger partial charge in [-0.2, -0.15) is 0 Å². The lowest BCUT2D eigenvalue weighted by Crippen LogP contribution is -2.07. The molecular formula is C14H9N5O12. The van der Waals surface area contributed by atoms with Crippen molar-refractivity contribution in [1.82, 2.24) is 0 Å². The van der Waals surface area contributed by atoms with E-state index in [2.05, 4.69) is 0 Å². The van der Waals surface area contributed by atoms with E-state index in [1.807, 2.05) is 0 Å². The molecule has 0 aliphatic rings. The van der Waals surface area contributed by atoms with Crippen LogP contribution in [0.1, 0.15) is 0 Å². The molecule has 17 heteroatoms. The second-order valence-electron chi connectivity index (χ2n) is 5.47. The molecule has 0 saturated carbocycles. The largest absolute Gasteiger partial charge is 0.496 e. The molecule has 0 spiro atoms. The van der Waals surface area contributed by atoms with E-state index in [0.717, 1.165) is 20.3 Å². The highest BCUT2D eigenvalue weighted by Crippen LogP contribution is 2.55. The highest BCUT2D eigenvalue weighted by Gasteiger charge is 2.44. The van der Waals surface area contributed by atoms with E-state index in [1.165, 1.54) is 0 Å². The molecule has 17 nitrogen and oxygen atoms in total. The summed E-state index contributed by atoms with van der Waals surface area (Å²) in [7, 11) is 1.77. The van der Waals surface area contributed by atoms with Crippen LogP contribution >= 0.6 is 0 Å². The van der Waals surface area contributed by atoms with Crippen molar-refractivity contribution >= 4 is 28.4 Å². The Labute approximate surface area is 169 Å². The number of hydrogen-bond donors (Lipinski definition) is 0. The molecule has 0 atom stereocenters. The van der Waals surface area contributed by atoms with Crippen molar-refractivity contribution in [3.63, 3.8) is 0 Å². The Kier molecular flexibility index (Phi) is 5.90. The summed E-state index contributed by atoms with van der Waals surface area (Å²) in [5.74, 6) is -1.53. The average Bonchev–Trinajstić information content (AvgIpc) is 2.70. The Morgan fingerprint density at radius 1 is 0.613 bits per heavy atom. The van der Waals surface area contributed by atoms with E-state index < -0.39 is 75.7 Å². The standard InChI is InChI=1S/C14H9N5O12/c1-30-9-4-3-6(15(20)21)12(18(26)27)10(9)11-13(19(28)29)7(16(22)23)5-8(17(24)25)14(11)31-2/h3-5H,1-2H3. The molecule has 31 heavy (non-hydrogen) atoms. The van der Waals surface area contributed by atoms with Gasteiger partial charge in [0.05, 0.1) is 38.8 Å². The van der Waals surface area contributed by atoms with Crippen molar-refractivity contribution < 1.29 is 34.1 Å². The molecule has 0 fully saturated rings. The fraction of sp³-hybridized carbons (Fsp3) is 0.143. The van der Waals surface area contributed by atoms with E-state index in [0.29, 0.717) is 6.07 Å². The van der Waals surface area contributed by atoms with Crippen LogP contribution in [0.2, 0.25) is 0 Å². The zero-order valence-electron chi connectivity index (χ0n) is 15.4. The van der Waals surface area contributed by atoms with Crippen LogP contribution in [0.5, 0.6) is 11.5 Å². The minimum atomic E-state index is -1.42. The van der Waals surface area contributed by atoms with Gasteiger partial charge in [-0.1, -0.05) is 0 Å². The molecule has 0 heterocycles. The molecule has 0 aliphatic carbocycles. The van der Waals surface area contributed by atoms with Crippen LogP contribution in [-0.2, 0) is 0 Å². The lowest BCUT2D eigenvalue weighted by atomic mass is 9.96. The predicted octanol–water partition coefficient (Wildman–Crippen LogP) is 2.91. The smallest absolute Gasteiger partial charge is 0.358 e. The highest BCUT2D eigenvalue weighted by atomic mass is 16.7. The SMILES string of the molecule is COc1ccc([N+](=O)[O-])c([N+](=O)[O-])c1-c1c(OC)c([N+](=O)[O-])cc([N+](=O)[O-])c1[N+](=O)[O-]. The predicted molar refractivity (Wildman–Crippen MR) is 98.3 cm³/mol. The minimum Gasteiger partial charge on any atom is -0.496 e. The first-order valence-electron chi connectivity index (χ1n) is 7.66. The zero-order valence-corrected chi connectivity index (χ0v) is 15.4. The Morgan fingerprint density at radius 3 is 1.48 bits per heavy atom. The second kappa shape index (κ2) is 8.19. The van der Waals surface area contributed by atoms with Crippen molar-refractivity contribution in [1.29, 1.82) is 0 Å². The van der Waals surface area contributed by atoms with Crippen LogP contribution in [-0.4, -0.2) is 38.8 Å². The van der Waals surface area contributed by atoms with Crippen molar-refractivity contribution in [2.24, 2.45) is 0 Å². The lowest BCUT2D eigenvalue weighted by Gasteiger charge is -2.13. The summed E-state index contributed by atoms with van der Waals surface area (Å²) >= 11 is 0. The normalized spacial score (nSPS) is 10.3. The Morgan fingerprint density at radius 2 is 1.10 bits per heavy atom. The molecule has 0 unspecified atom stereocenters. The quantitative estimate of drug-likeness (QED) is 0.426. The minimum absolute atomic E-state index is 0.246. The van der Waals surface area contributed by atoms with Gasteiger partial charge >= 0.3 is 28.4 Å². The number of ether oxygens (including phenoxy) is 2. The maximum Gasteiger partial charge on any atom is 0.358 e. The molecule has 0 aromatic heterocycles. The van der Waals surface area contributed by atoms with E-state index in [4.69, 9.17) is 9.47 Å². The number of methoxy groups -OCH3 is 2. The molecule has 0 N–H and O–H groups in total. The molecule has 2 aromatic rings. The van der Waals surface area contributed by atoms with Crippen LogP contribution in [0.3, 0.4) is 0 Å². The summed E-state index contributed by atoms with van der Waals surface area (Å²) in [6.07, 6.45) is 0. The van der Waals surface area contributed by atoms with E-state index in [-0.39, 0.29) is 6.07 Å². The summed E-state index contributed by atoms with van der Waals surface area (Å²) in [5, 5.41) is 57.5. The van der Waals surface area contributed by atoms with Gasteiger partial charge in [0.1, 0.15) is 22.9 Å². The number of rotatable bonds is 8. The average molecular weight is 439 g/mol. The van der Waals surface area contributed by atoms with E-state index >= 15 is 0 Å². The van der Waals surface area contributed by atoms with Crippen molar-refractivity contribution in [2.45, 2.75) is 0 Å².